The second-order valence-electron chi connectivity index (χ2n) is 9.91. The Balaban J connectivity index is 1.31. The van der Waals surface area contributed by atoms with E-state index < -0.39 is 0 Å². The van der Waals surface area contributed by atoms with E-state index in [4.69, 9.17) is 0 Å². The van der Waals surface area contributed by atoms with Crippen LogP contribution in [0.5, 0.6) is 0 Å². The van der Waals surface area contributed by atoms with E-state index in [0.29, 0.717) is 6.04 Å². The number of piperidine rings is 1. The fourth-order valence-electron chi connectivity index (χ4n) is 5.64. The summed E-state index contributed by atoms with van der Waals surface area (Å²) in [7, 11) is 4.34. The molecule has 0 aromatic heterocycles. The number of likely N-dealkylation sites (N-methyl/N-ethyl adjacent to an activating group) is 1. The minimum Gasteiger partial charge on any atom is -0.351 e. The van der Waals surface area contributed by atoms with Crippen molar-refractivity contribution in [3.05, 3.63) is 24.3 Å². The fourth-order valence-corrected chi connectivity index (χ4v) is 5.64. The van der Waals surface area contributed by atoms with E-state index in [-0.39, 0.29) is 0 Å². The minimum atomic E-state index is 0.703. The highest BCUT2D eigenvalue weighted by Gasteiger charge is 2.32. The van der Waals surface area contributed by atoms with Crippen molar-refractivity contribution in [2.45, 2.75) is 63.8 Å². The summed E-state index contributed by atoms with van der Waals surface area (Å²) in [5, 5.41) is 0. The number of para-hydroxylation sites is 2. The quantitative estimate of drug-likeness (QED) is 0.691. The van der Waals surface area contributed by atoms with E-state index in [0.717, 1.165) is 25.7 Å². The SMILES string of the molecule is CN(C)CCN1CN(C2CCN(CC3CCCCCCC3)CC2)c2ccccc21. The summed E-state index contributed by atoms with van der Waals surface area (Å²) in [5.74, 6) is 0.959. The lowest BCUT2D eigenvalue weighted by molar-refractivity contribution is 0.167. The number of hydrogen-bond acceptors (Lipinski definition) is 4. The average Bonchev–Trinajstić information content (AvgIpc) is 3.08. The van der Waals surface area contributed by atoms with E-state index in [9.17, 15) is 0 Å². The molecule has 2 fully saturated rings. The molecule has 1 aliphatic carbocycles. The van der Waals surface area contributed by atoms with Gasteiger partial charge in [-0.05, 0) is 57.8 Å². The Kier molecular flexibility index (Phi) is 7.36. The first-order chi connectivity index (χ1) is 14.2. The van der Waals surface area contributed by atoms with Gasteiger partial charge in [0.05, 0.1) is 18.0 Å². The minimum absolute atomic E-state index is 0.703. The molecule has 0 amide bonds. The molecule has 0 N–H and O–H groups in total. The van der Waals surface area contributed by atoms with Gasteiger partial charge < -0.3 is 19.6 Å². The zero-order valence-corrected chi connectivity index (χ0v) is 18.9. The van der Waals surface area contributed by atoms with Crippen LogP contribution < -0.4 is 9.80 Å². The van der Waals surface area contributed by atoms with Gasteiger partial charge in [-0.25, -0.2) is 0 Å². The van der Waals surface area contributed by atoms with Gasteiger partial charge in [-0.2, -0.15) is 0 Å². The molecule has 0 radical (unpaired) electrons. The second kappa shape index (κ2) is 10.2. The number of fused-ring (bicyclic) bond motifs is 1. The third-order valence-electron chi connectivity index (χ3n) is 7.41. The highest BCUT2D eigenvalue weighted by atomic mass is 15.4. The van der Waals surface area contributed by atoms with Gasteiger partial charge in [0.25, 0.3) is 0 Å². The lowest BCUT2D eigenvalue weighted by atomic mass is 9.90. The molecule has 0 unspecified atom stereocenters. The van der Waals surface area contributed by atoms with Crippen LogP contribution in [0.3, 0.4) is 0 Å². The number of rotatable bonds is 6. The molecule has 4 rings (SSSR count). The van der Waals surface area contributed by atoms with Crippen LogP contribution in [0.4, 0.5) is 11.4 Å². The molecule has 3 aliphatic rings. The highest BCUT2D eigenvalue weighted by molar-refractivity contribution is 5.76. The zero-order valence-electron chi connectivity index (χ0n) is 18.9. The van der Waals surface area contributed by atoms with E-state index in [1.807, 2.05) is 0 Å². The zero-order chi connectivity index (χ0) is 20.1. The van der Waals surface area contributed by atoms with Crippen molar-refractivity contribution in [1.82, 2.24) is 9.80 Å². The second-order valence-corrected chi connectivity index (χ2v) is 9.91. The van der Waals surface area contributed by atoms with E-state index >= 15 is 0 Å². The van der Waals surface area contributed by atoms with Crippen molar-refractivity contribution in [3.8, 4) is 0 Å². The summed E-state index contributed by atoms with van der Waals surface area (Å²) in [6, 6.07) is 9.77. The Morgan fingerprint density at radius 1 is 0.862 bits per heavy atom. The number of likely N-dealkylation sites (tertiary alicyclic amines) is 1. The van der Waals surface area contributed by atoms with Crippen molar-refractivity contribution in [2.24, 2.45) is 5.92 Å². The summed E-state index contributed by atoms with van der Waals surface area (Å²) in [5.41, 5.74) is 2.90. The Labute approximate surface area is 178 Å². The normalized spacial score (nSPS) is 22.7. The van der Waals surface area contributed by atoms with E-state index in [1.54, 1.807) is 0 Å². The van der Waals surface area contributed by atoms with Crippen molar-refractivity contribution < 1.29 is 0 Å². The van der Waals surface area contributed by atoms with Gasteiger partial charge in [-0.3, -0.25) is 0 Å². The Morgan fingerprint density at radius 2 is 1.52 bits per heavy atom. The van der Waals surface area contributed by atoms with Gasteiger partial charge in [0, 0.05) is 38.8 Å². The third-order valence-corrected chi connectivity index (χ3v) is 7.41. The van der Waals surface area contributed by atoms with Crippen LogP contribution in [-0.2, 0) is 0 Å². The lowest BCUT2D eigenvalue weighted by Crippen LogP contribution is -2.47. The topological polar surface area (TPSA) is 13.0 Å². The van der Waals surface area contributed by atoms with Crippen LogP contribution in [0.2, 0.25) is 0 Å². The molecule has 162 valence electrons. The largest absolute Gasteiger partial charge is 0.351 e. The number of anilines is 2. The van der Waals surface area contributed by atoms with Crippen molar-refractivity contribution in [2.75, 3.05) is 63.3 Å². The van der Waals surface area contributed by atoms with Crippen molar-refractivity contribution in [3.63, 3.8) is 0 Å². The Morgan fingerprint density at radius 3 is 2.21 bits per heavy atom. The summed E-state index contributed by atoms with van der Waals surface area (Å²) >= 11 is 0. The number of hydrogen-bond donors (Lipinski definition) is 0. The molecule has 1 aromatic carbocycles. The molecule has 0 spiro atoms. The number of benzene rings is 1. The van der Waals surface area contributed by atoms with Crippen LogP contribution in [0, 0.1) is 5.92 Å². The molecule has 29 heavy (non-hydrogen) atoms. The van der Waals surface area contributed by atoms with Gasteiger partial charge in [0.15, 0.2) is 0 Å². The van der Waals surface area contributed by atoms with Crippen LogP contribution >= 0.6 is 0 Å². The van der Waals surface area contributed by atoms with Gasteiger partial charge in [-0.15, -0.1) is 0 Å². The molecule has 4 nitrogen and oxygen atoms in total. The molecule has 2 heterocycles. The average molecular weight is 399 g/mol. The third kappa shape index (κ3) is 5.46. The van der Waals surface area contributed by atoms with Gasteiger partial charge >= 0.3 is 0 Å². The summed E-state index contributed by atoms with van der Waals surface area (Å²) in [6.07, 6.45) is 12.9. The smallest absolute Gasteiger partial charge is 0.0907 e. The molecule has 1 saturated carbocycles. The number of nitrogens with zero attached hydrogens (tertiary/aromatic N) is 4. The van der Waals surface area contributed by atoms with Crippen LogP contribution in [0.15, 0.2) is 24.3 Å². The van der Waals surface area contributed by atoms with Gasteiger partial charge in [0.2, 0.25) is 0 Å². The molecule has 2 aliphatic heterocycles. The van der Waals surface area contributed by atoms with E-state index in [1.165, 1.54) is 88.8 Å². The maximum Gasteiger partial charge on any atom is 0.0907 e. The molecular weight excluding hydrogens is 356 g/mol. The summed E-state index contributed by atoms with van der Waals surface area (Å²) in [6.45, 7) is 7.23. The van der Waals surface area contributed by atoms with Crippen LogP contribution in [0.25, 0.3) is 0 Å². The molecular formula is C25H42N4. The lowest BCUT2D eigenvalue weighted by Gasteiger charge is -2.39. The van der Waals surface area contributed by atoms with Gasteiger partial charge in [-0.1, -0.05) is 44.2 Å². The van der Waals surface area contributed by atoms with Crippen molar-refractivity contribution >= 4 is 11.4 Å². The van der Waals surface area contributed by atoms with Gasteiger partial charge in [0.1, 0.15) is 0 Å². The van der Waals surface area contributed by atoms with Crippen molar-refractivity contribution in [1.29, 1.82) is 0 Å². The maximum atomic E-state index is 2.79. The predicted octanol–water partition coefficient (Wildman–Crippen LogP) is 4.66. The molecule has 1 saturated heterocycles. The highest BCUT2D eigenvalue weighted by Crippen LogP contribution is 2.38. The Bertz CT molecular complexity index is 615. The van der Waals surface area contributed by atoms with Crippen LogP contribution in [-0.4, -0.2) is 69.3 Å². The fraction of sp³-hybridized carbons (Fsp3) is 0.760. The predicted molar refractivity (Wildman–Crippen MR) is 125 cm³/mol. The maximum absolute atomic E-state index is 2.79. The Hall–Kier alpha value is -1.26. The summed E-state index contributed by atoms with van der Waals surface area (Å²) < 4.78 is 0. The molecule has 1 aromatic rings. The standard InChI is InChI=1S/C25H42N4/c1-26(2)18-19-28-21-29(25-13-9-8-12-24(25)28)23-14-16-27(17-15-23)20-22-10-6-4-3-5-7-11-22/h8-9,12-13,22-23H,3-7,10-11,14-21H2,1-2H3. The van der Waals surface area contributed by atoms with E-state index in [2.05, 4.69) is 58.0 Å². The molecule has 0 atom stereocenters. The first-order valence-corrected chi connectivity index (χ1v) is 12.2. The first kappa shape index (κ1) is 21.0. The first-order valence-electron chi connectivity index (χ1n) is 12.2. The monoisotopic (exact) mass is 398 g/mol. The van der Waals surface area contributed by atoms with Crippen LogP contribution in [0.1, 0.15) is 57.8 Å². The molecule has 0 bridgehead atoms. The summed E-state index contributed by atoms with van der Waals surface area (Å²) in [4.78, 5) is 10.4. The molecule has 4 heteroatoms.